The number of benzene rings is 3. The molecule has 0 saturated heterocycles. The number of halogens is 1. The van der Waals surface area contributed by atoms with Crippen LogP contribution in [0.3, 0.4) is 0 Å². The molecule has 0 aromatic heterocycles. The molecule has 4 rings (SSSR count). The van der Waals surface area contributed by atoms with Gasteiger partial charge in [0.1, 0.15) is 0 Å². The van der Waals surface area contributed by atoms with E-state index < -0.39 is 0 Å². The van der Waals surface area contributed by atoms with Crippen molar-refractivity contribution in [2.45, 2.75) is 6.42 Å². The highest BCUT2D eigenvalue weighted by atomic mass is 79.9. The molecule has 0 N–H and O–H groups in total. The van der Waals surface area contributed by atoms with E-state index in [9.17, 15) is 0 Å². The van der Waals surface area contributed by atoms with Gasteiger partial charge < -0.3 is 0 Å². The zero-order valence-electron chi connectivity index (χ0n) is 12.1. The van der Waals surface area contributed by atoms with Crippen LogP contribution in [-0.4, -0.2) is 0 Å². The fourth-order valence-corrected chi connectivity index (χ4v) is 3.46. The van der Waals surface area contributed by atoms with Crippen LogP contribution in [0.4, 0.5) is 0 Å². The summed E-state index contributed by atoms with van der Waals surface area (Å²) in [6.45, 7) is 0. The highest BCUT2D eigenvalue weighted by molar-refractivity contribution is 9.10. The molecule has 0 nitrogen and oxygen atoms in total. The Morgan fingerprint density at radius 1 is 0.636 bits per heavy atom. The first-order chi connectivity index (χ1) is 10.8. The van der Waals surface area contributed by atoms with Gasteiger partial charge in [0.15, 0.2) is 0 Å². The second-order valence-electron chi connectivity index (χ2n) is 5.56. The van der Waals surface area contributed by atoms with Gasteiger partial charge in [-0.05, 0) is 52.0 Å². The predicted octanol–water partition coefficient (Wildman–Crippen LogP) is 5.96. The first-order valence-electron chi connectivity index (χ1n) is 7.46. The molecular weight excluding hydrogens is 332 g/mol. The van der Waals surface area contributed by atoms with E-state index in [0.717, 1.165) is 10.9 Å². The Morgan fingerprint density at radius 2 is 1.32 bits per heavy atom. The SMILES string of the molecule is Brc1ccc(C2=C(c3ccccc3)c3ccccc3C2)cc1. The van der Waals surface area contributed by atoms with Gasteiger partial charge in [-0.1, -0.05) is 82.7 Å². The van der Waals surface area contributed by atoms with Crippen molar-refractivity contribution in [2.24, 2.45) is 0 Å². The molecule has 0 spiro atoms. The number of hydrogen-bond acceptors (Lipinski definition) is 0. The summed E-state index contributed by atoms with van der Waals surface area (Å²) >= 11 is 3.53. The maximum atomic E-state index is 3.53. The fraction of sp³-hybridized carbons (Fsp3) is 0.0476. The van der Waals surface area contributed by atoms with Gasteiger partial charge >= 0.3 is 0 Å². The highest BCUT2D eigenvalue weighted by Gasteiger charge is 2.23. The van der Waals surface area contributed by atoms with Gasteiger partial charge in [-0.25, -0.2) is 0 Å². The van der Waals surface area contributed by atoms with Crippen LogP contribution < -0.4 is 0 Å². The number of allylic oxidation sites excluding steroid dienone is 1. The van der Waals surface area contributed by atoms with Crippen LogP contribution >= 0.6 is 15.9 Å². The largest absolute Gasteiger partial charge is 0.0622 e. The monoisotopic (exact) mass is 346 g/mol. The molecule has 3 aromatic carbocycles. The standard InChI is InChI=1S/C21H15Br/c22-18-12-10-15(11-13-18)20-14-17-8-4-5-9-19(17)21(20)16-6-2-1-3-7-16/h1-13H,14H2. The van der Waals surface area contributed by atoms with E-state index in [1.807, 2.05) is 0 Å². The molecule has 0 atom stereocenters. The quantitative estimate of drug-likeness (QED) is 0.536. The summed E-state index contributed by atoms with van der Waals surface area (Å²) in [5.74, 6) is 0. The Labute approximate surface area is 139 Å². The molecule has 0 heterocycles. The van der Waals surface area contributed by atoms with Crippen LogP contribution in [0.15, 0.2) is 83.3 Å². The predicted molar refractivity (Wildman–Crippen MR) is 96.6 cm³/mol. The minimum atomic E-state index is 1.00. The highest BCUT2D eigenvalue weighted by Crippen LogP contribution is 2.42. The normalized spacial score (nSPS) is 13.3. The van der Waals surface area contributed by atoms with Crippen LogP contribution in [0, 0.1) is 0 Å². The Kier molecular flexibility index (Phi) is 3.44. The van der Waals surface area contributed by atoms with Crippen LogP contribution in [0.25, 0.3) is 11.1 Å². The minimum Gasteiger partial charge on any atom is -0.0622 e. The van der Waals surface area contributed by atoms with Gasteiger partial charge in [-0.3, -0.25) is 0 Å². The summed E-state index contributed by atoms with van der Waals surface area (Å²) in [4.78, 5) is 0. The van der Waals surface area contributed by atoms with Gasteiger partial charge in [-0.15, -0.1) is 0 Å². The Balaban J connectivity index is 1.95. The molecular formula is C21H15Br. The Morgan fingerprint density at radius 3 is 2.09 bits per heavy atom. The average Bonchev–Trinajstić information content (AvgIpc) is 2.96. The first kappa shape index (κ1) is 13.5. The molecule has 0 aliphatic heterocycles. The van der Waals surface area contributed by atoms with E-state index >= 15 is 0 Å². The summed E-state index contributed by atoms with van der Waals surface area (Å²) in [6.07, 6.45) is 1.00. The second kappa shape index (κ2) is 5.58. The maximum Gasteiger partial charge on any atom is 0.0175 e. The summed E-state index contributed by atoms with van der Waals surface area (Å²) in [5, 5.41) is 0. The van der Waals surface area contributed by atoms with Crippen LogP contribution in [0.5, 0.6) is 0 Å². The van der Waals surface area contributed by atoms with E-state index in [0.29, 0.717) is 0 Å². The summed E-state index contributed by atoms with van der Waals surface area (Å²) in [6, 6.07) is 28.1. The molecule has 1 aliphatic carbocycles. The molecule has 0 amide bonds. The summed E-state index contributed by atoms with van der Waals surface area (Å²) in [7, 11) is 0. The van der Waals surface area contributed by atoms with Crippen molar-refractivity contribution in [3.63, 3.8) is 0 Å². The number of fused-ring (bicyclic) bond motifs is 1. The van der Waals surface area contributed by atoms with Gasteiger partial charge in [0, 0.05) is 4.47 Å². The molecule has 0 radical (unpaired) electrons. The van der Waals surface area contributed by atoms with Crippen molar-refractivity contribution in [3.8, 4) is 0 Å². The van der Waals surface area contributed by atoms with Crippen molar-refractivity contribution in [2.75, 3.05) is 0 Å². The zero-order chi connectivity index (χ0) is 14.9. The van der Waals surface area contributed by atoms with E-state index in [4.69, 9.17) is 0 Å². The van der Waals surface area contributed by atoms with Crippen LogP contribution in [0.2, 0.25) is 0 Å². The number of hydrogen-bond donors (Lipinski definition) is 0. The van der Waals surface area contributed by atoms with Gasteiger partial charge in [0.05, 0.1) is 0 Å². The molecule has 22 heavy (non-hydrogen) atoms. The third kappa shape index (κ3) is 2.32. The first-order valence-corrected chi connectivity index (χ1v) is 8.25. The van der Waals surface area contributed by atoms with Crippen LogP contribution in [-0.2, 0) is 6.42 Å². The topological polar surface area (TPSA) is 0 Å². The molecule has 1 heteroatoms. The minimum absolute atomic E-state index is 1.00. The lowest BCUT2D eigenvalue weighted by atomic mass is 9.94. The zero-order valence-corrected chi connectivity index (χ0v) is 13.7. The molecule has 3 aromatic rings. The smallest absolute Gasteiger partial charge is 0.0175 e. The molecule has 1 aliphatic rings. The Bertz CT molecular complexity index is 843. The van der Waals surface area contributed by atoms with E-state index in [2.05, 4.69) is 94.8 Å². The summed E-state index contributed by atoms with van der Waals surface area (Å²) < 4.78 is 1.12. The second-order valence-corrected chi connectivity index (χ2v) is 6.48. The number of rotatable bonds is 2. The van der Waals surface area contributed by atoms with Crippen molar-refractivity contribution in [1.29, 1.82) is 0 Å². The maximum absolute atomic E-state index is 3.53. The Hall–Kier alpha value is -2.12. The molecule has 106 valence electrons. The van der Waals surface area contributed by atoms with Crippen molar-refractivity contribution >= 4 is 27.1 Å². The molecule has 0 fully saturated rings. The van der Waals surface area contributed by atoms with Gasteiger partial charge in [0.2, 0.25) is 0 Å². The van der Waals surface area contributed by atoms with Crippen molar-refractivity contribution in [1.82, 2.24) is 0 Å². The third-order valence-electron chi connectivity index (χ3n) is 4.21. The van der Waals surface area contributed by atoms with E-state index in [1.54, 1.807) is 0 Å². The lowest BCUT2D eigenvalue weighted by Gasteiger charge is -2.10. The van der Waals surface area contributed by atoms with E-state index in [1.165, 1.54) is 33.4 Å². The van der Waals surface area contributed by atoms with Crippen LogP contribution in [0.1, 0.15) is 22.3 Å². The molecule has 0 saturated carbocycles. The summed E-state index contributed by atoms with van der Waals surface area (Å²) in [5.41, 5.74) is 8.17. The lowest BCUT2D eigenvalue weighted by molar-refractivity contribution is 1.31. The van der Waals surface area contributed by atoms with E-state index in [-0.39, 0.29) is 0 Å². The van der Waals surface area contributed by atoms with Crippen molar-refractivity contribution in [3.05, 3.63) is 106 Å². The van der Waals surface area contributed by atoms with Gasteiger partial charge in [0.25, 0.3) is 0 Å². The molecule has 0 unspecified atom stereocenters. The molecule has 0 bridgehead atoms. The van der Waals surface area contributed by atoms with Crippen molar-refractivity contribution < 1.29 is 0 Å². The third-order valence-corrected chi connectivity index (χ3v) is 4.74. The lowest BCUT2D eigenvalue weighted by Crippen LogP contribution is -1.89. The average molecular weight is 347 g/mol. The van der Waals surface area contributed by atoms with Gasteiger partial charge in [-0.2, -0.15) is 0 Å². The fourth-order valence-electron chi connectivity index (χ4n) is 3.19.